The molecule has 1 aliphatic carbocycles. The zero-order valence-corrected chi connectivity index (χ0v) is 14.5. The first-order chi connectivity index (χ1) is 12.1. The van der Waals surface area contributed by atoms with Crippen LogP contribution in [0.15, 0.2) is 48.8 Å². The standard InChI is InChI=1S/C20H25N3O2/c1-14(22-20(25)23-18-4-2-3-5-19(18)24)15-6-8-16(9-7-15)17-10-12-21-13-11-17/h6-14,18-19,24H,2-5H2,1H3,(H2,22,23,25)/t14-,18-,19-/m0/s1. The summed E-state index contributed by atoms with van der Waals surface area (Å²) in [7, 11) is 0. The summed E-state index contributed by atoms with van der Waals surface area (Å²) in [5.41, 5.74) is 3.27. The summed E-state index contributed by atoms with van der Waals surface area (Å²) in [4.78, 5) is 16.2. The van der Waals surface area contributed by atoms with Gasteiger partial charge >= 0.3 is 6.03 Å². The molecule has 3 rings (SSSR count). The molecular weight excluding hydrogens is 314 g/mol. The molecule has 5 nitrogen and oxygen atoms in total. The number of aliphatic hydroxyl groups is 1. The molecule has 1 aromatic carbocycles. The summed E-state index contributed by atoms with van der Waals surface area (Å²) in [6.45, 7) is 1.96. The number of hydrogen-bond acceptors (Lipinski definition) is 3. The molecule has 0 saturated heterocycles. The molecule has 1 heterocycles. The number of nitrogens with one attached hydrogen (secondary N) is 2. The third-order valence-corrected chi connectivity index (χ3v) is 4.82. The van der Waals surface area contributed by atoms with Crippen LogP contribution in [0.4, 0.5) is 4.79 Å². The Kier molecular flexibility index (Phi) is 5.66. The maximum atomic E-state index is 12.2. The van der Waals surface area contributed by atoms with Crippen LogP contribution in [0, 0.1) is 0 Å². The van der Waals surface area contributed by atoms with E-state index in [0.29, 0.717) is 0 Å². The van der Waals surface area contributed by atoms with Crippen molar-refractivity contribution in [3.8, 4) is 11.1 Å². The molecule has 5 heteroatoms. The van der Waals surface area contributed by atoms with Crippen molar-refractivity contribution in [1.29, 1.82) is 0 Å². The van der Waals surface area contributed by atoms with Crippen molar-refractivity contribution >= 4 is 6.03 Å². The van der Waals surface area contributed by atoms with Gasteiger partial charge in [-0.3, -0.25) is 4.98 Å². The maximum absolute atomic E-state index is 12.2. The highest BCUT2D eigenvalue weighted by molar-refractivity contribution is 5.75. The van der Waals surface area contributed by atoms with Crippen molar-refractivity contribution in [3.63, 3.8) is 0 Å². The minimum Gasteiger partial charge on any atom is -0.391 e. The summed E-state index contributed by atoms with van der Waals surface area (Å²) in [5, 5.41) is 15.8. The van der Waals surface area contributed by atoms with Crippen molar-refractivity contribution in [3.05, 3.63) is 54.4 Å². The van der Waals surface area contributed by atoms with Gasteiger partial charge in [0.05, 0.1) is 18.2 Å². The Hall–Kier alpha value is -2.40. The lowest BCUT2D eigenvalue weighted by Gasteiger charge is -2.29. The van der Waals surface area contributed by atoms with Crippen LogP contribution >= 0.6 is 0 Å². The average molecular weight is 339 g/mol. The number of benzene rings is 1. The Labute approximate surface area is 148 Å². The number of hydrogen-bond donors (Lipinski definition) is 3. The van der Waals surface area contributed by atoms with Crippen molar-refractivity contribution in [1.82, 2.24) is 15.6 Å². The molecule has 2 amide bonds. The predicted octanol–water partition coefficient (Wildman–Crippen LogP) is 3.41. The lowest BCUT2D eigenvalue weighted by Crippen LogP contribution is -2.49. The van der Waals surface area contributed by atoms with Gasteiger partial charge < -0.3 is 15.7 Å². The monoisotopic (exact) mass is 339 g/mol. The number of rotatable bonds is 4. The molecule has 25 heavy (non-hydrogen) atoms. The number of carbonyl (C=O) groups excluding carboxylic acids is 1. The van der Waals surface area contributed by atoms with Crippen molar-refractivity contribution in [2.75, 3.05) is 0 Å². The molecular formula is C20H25N3O2. The first kappa shape index (κ1) is 17.4. The second-order valence-corrected chi connectivity index (χ2v) is 6.66. The number of amides is 2. The van der Waals surface area contributed by atoms with E-state index in [1.165, 1.54) is 0 Å². The zero-order valence-electron chi connectivity index (χ0n) is 14.5. The number of carbonyl (C=O) groups is 1. The van der Waals surface area contributed by atoms with Crippen LogP contribution in [0.2, 0.25) is 0 Å². The fraction of sp³-hybridized carbons (Fsp3) is 0.400. The Balaban J connectivity index is 1.57. The lowest BCUT2D eigenvalue weighted by molar-refractivity contribution is 0.0941. The van der Waals surface area contributed by atoms with Gasteiger partial charge in [-0.05, 0) is 48.6 Å². The SMILES string of the molecule is C[C@H](NC(=O)N[C@H]1CCCC[C@@H]1O)c1ccc(-c2ccncc2)cc1. The molecule has 0 radical (unpaired) electrons. The predicted molar refractivity (Wildman–Crippen MR) is 98.0 cm³/mol. The Morgan fingerprint density at radius 3 is 2.40 bits per heavy atom. The van der Waals surface area contributed by atoms with Gasteiger partial charge in [-0.2, -0.15) is 0 Å². The molecule has 3 N–H and O–H groups in total. The van der Waals surface area contributed by atoms with Crippen molar-refractivity contribution in [2.45, 2.75) is 50.8 Å². The van der Waals surface area contributed by atoms with Crippen molar-refractivity contribution < 1.29 is 9.90 Å². The molecule has 1 aromatic heterocycles. The number of nitrogens with zero attached hydrogens (tertiary/aromatic N) is 1. The van der Waals surface area contributed by atoms with E-state index in [2.05, 4.69) is 15.6 Å². The smallest absolute Gasteiger partial charge is 0.315 e. The fourth-order valence-electron chi connectivity index (χ4n) is 3.28. The van der Waals surface area contributed by atoms with Crippen LogP contribution in [0.25, 0.3) is 11.1 Å². The molecule has 1 aliphatic rings. The highest BCUT2D eigenvalue weighted by Gasteiger charge is 2.24. The summed E-state index contributed by atoms with van der Waals surface area (Å²) in [6, 6.07) is 11.6. The first-order valence-corrected chi connectivity index (χ1v) is 8.89. The zero-order chi connectivity index (χ0) is 17.6. The summed E-state index contributed by atoms with van der Waals surface area (Å²) in [6.07, 6.45) is 6.79. The molecule has 0 aliphatic heterocycles. The van der Waals surface area contributed by atoms with E-state index in [9.17, 15) is 9.90 Å². The lowest BCUT2D eigenvalue weighted by atomic mass is 9.93. The number of pyridine rings is 1. The third kappa shape index (κ3) is 4.57. The molecule has 0 bridgehead atoms. The quantitative estimate of drug-likeness (QED) is 0.799. The van der Waals surface area contributed by atoms with E-state index in [-0.39, 0.29) is 18.1 Å². The highest BCUT2D eigenvalue weighted by atomic mass is 16.3. The topological polar surface area (TPSA) is 74.2 Å². The van der Waals surface area contributed by atoms with Crippen LogP contribution in [0.5, 0.6) is 0 Å². The molecule has 132 valence electrons. The second-order valence-electron chi connectivity index (χ2n) is 6.66. The second kappa shape index (κ2) is 8.12. The van der Waals surface area contributed by atoms with Gasteiger partial charge in [-0.15, -0.1) is 0 Å². The van der Waals surface area contributed by atoms with Gasteiger partial charge in [0.25, 0.3) is 0 Å². The average Bonchev–Trinajstić information content (AvgIpc) is 2.64. The summed E-state index contributed by atoms with van der Waals surface area (Å²) < 4.78 is 0. The van der Waals surface area contributed by atoms with Crippen LogP contribution in [-0.4, -0.2) is 28.3 Å². The maximum Gasteiger partial charge on any atom is 0.315 e. The van der Waals surface area contributed by atoms with E-state index in [4.69, 9.17) is 0 Å². The molecule has 1 saturated carbocycles. The molecule has 1 fully saturated rings. The van der Waals surface area contributed by atoms with Gasteiger partial charge in [0, 0.05) is 12.4 Å². The number of aromatic nitrogens is 1. The van der Waals surface area contributed by atoms with Gasteiger partial charge in [0.1, 0.15) is 0 Å². The Bertz CT molecular complexity index is 688. The van der Waals surface area contributed by atoms with Gasteiger partial charge in [-0.1, -0.05) is 37.1 Å². The van der Waals surface area contributed by atoms with E-state index in [1.54, 1.807) is 12.4 Å². The summed E-state index contributed by atoms with van der Waals surface area (Å²) in [5.74, 6) is 0. The summed E-state index contributed by atoms with van der Waals surface area (Å²) >= 11 is 0. The Morgan fingerprint density at radius 1 is 1.08 bits per heavy atom. The fourth-order valence-corrected chi connectivity index (χ4v) is 3.28. The molecule has 2 aromatic rings. The molecule has 0 unspecified atom stereocenters. The third-order valence-electron chi connectivity index (χ3n) is 4.82. The normalized spacial score (nSPS) is 21.4. The van der Waals surface area contributed by atoms with Crippen LogP contribution in [0.3, 0.4) is 0 Å². The van der Waals surface area contributed by atoms with E-state index >= 15 is 0 Å². The molecule has 0 spiro atoms. The molecule has 3 atom stereocenters. The van der Waals surface area contributed by atoms with Crippen LogP contribution < -0.4 is 10.6 Å². The van der Waals surface area contributed by atoms with Gasteiger partial charge in [-0.25, -0.2) is 4.79 Å². The van der Waals surface area contributed by atoms with Crippen molar-refractivity contribution in [2.24, 2.45) is 0 Å². The Morgan fingerprint density at radius 2 is 1.72 bits per heavy atom. The highest BCUT2D eigenvalue weighted by Crippen LogP contribution is 2.22. The number of aliphatic hydroxyl groups excluding tert-OH is 1. The minimum atomic E-state index is -0.436. The van der Waals surface area contributed by atoms with E-state index < -0.39 is 6.10 Å². The van der Waals surface area contributed by atoms with Crippen LogP contribution in [0.1, 0.15) is 44.2 Å². The van der Waals surface area contributed by atoms with Gasteiger partial charge in [0.15, 0.2) is 0 Å². The minimum absolute atomic E-state index is 0.104. The van der Waals surface area contributed by atoms with Gasteiger partial charge in [0.2, 0.25) is 0 Å². The largest absolute Gasteiger partial charge is 0.391 e. The van der Waals surface area contributed by atoms with Crippen LogP contribution in [-0.2, 0) is 0 Å². The first-order valence-electron chi connectivity index (χ1n) is 8.89. The van der Waals surface area contributed by atoms with E-state index in [0.717, 1.165) is 42.4 Å². The number of urea groups is 1. The van der Waals surface area contributed by atoms with E-state index in [1.807, 2.05) is 43.3 Å².